The van der Waals surface area contributed by atoms with Gasteiger partial charge in [-0.3, -0.25) is 4.79 Å². The van der Waals surface area contributed by atoms with Gasteiger partial charge < -0.3 is 16.2 Å². The zero-order valence-corrected chi connectivity index (χ0v) is 9.73. The molecule has 1 aromatic carbocycles. The summed E-state index contributed by atoms with van der Waals surface area (Å²) in [5, 5.41) is 12.1. The third-order valence-corrected chi connectivity index (χ3v) is 3.28. The second-order valence-electron chi connectivity index (χ2n) is 4.58. The molecule has 0 radical (unpaired) electrons. The van der Waals surface area contributed by atoms with Gasteiger partial charge in [-0.1, -0.05) is 24.3 Å². The van der Waals surface area contributed by atoms with Gasteiger partial charge in [0, 0.05) is 6.54 Å². The Bertz CT molecular complexity index is 383. The van der Waals surface area contributed by atoms with E-state index in [1.165, 1.54) is 12.0 Å². The standard InChI is InChI=1S/C13H18N2O2/c14-12(13(16)17)7-9-1-3-10(4-2-9)11-5-6-15-8-11/h1-4,11-12,15H,5-8,14H2,(H,16,17). The summed E-state index contributed by atoms with van der Waals surface area (Å²) in [6.07, 6.45) is 1.56. The van der Waals surface area contributed by atoms with Gasteiger partial charge in [-0.2, -0.15) is 0 Å². The zero-order chi connectivity index (χ0) is 12.3. The number of rotatable bonds is 4. The summed E-state index contributed by atoms with van der Waals surface area (Å²) in [5.41, 5.74) is 7.80. The number of carbonyl (C=O) groups is 1. The van der Waals surface area contributed by atoms with Gasteiger partial charge in [-0.25, -0.2) is 0 Å². The number of carboxylic acid groups (broad SMARTS) is 1. The van der Waals surface area contributed by atoms with E-state index in [2.05, 4.69) is 17.4 Å². The van der Waals surface area contributed by atoms with Crippen LogP contribution >= 0.6 is 0 Å². The lowest BCUT2D eigenvalue weighted by Gasteiger charge is -2.11. The van der Waals surface area contributed by atoms with Crippen molar-refractivity contribution in [3.63, 3.8) is 0 Å². The van der Waals surface area contributed by atoms with Gasteiger partial charge in [-0.05, 0) is 36.4 Å². The topological polar surface area (TPSA) is 75.3 Å². The molecule has 17 heavy (non-hydrogen) atoms. The van der Waals surface area contributed by atoms with Crippen LogP contribution in [0.25, 0.3) is 0 Å². The van der Waals surface area contributed by atoms with Gasteiger partial charge in [-0.15, -0.1) is 0 Å². The van der Waals surface area contributed by atoms with Crippen LogP contribution in [0.1, 0.15) is 23.5 Å². The van der Waals surface area contributed by atoms with E-state index in [1.807, 2.05) is 12.1 Å². The normalized spacial score (nSPS) is 21.4. The molecule has 1 heterocycles. The van der Waals surface area contributed by atoms with Crippen molar-refractivity contribution in [2.45, 2.75) is 24.8 Å². The van der Waals surface area contributed by atoms with E-state index in [0.717, 1.165) is 18.7 Å². The van der Waals surface area contributed by atoms with Crippen LogP contribution in [-0.2, 0) is 11.2 Å². The maximum absolute atomic E-state index is 10.6. The predicted octanol–water partition coefficient (Wildman–Crippen LogP) is 0.718. The fraction of sp³-hybridized carbons (Fsp3) is 0.462. The van der Waals surface area contributed by atoms with Gasteiger partial charge in [0.15, 0.2) is 0 Å². The quantitative estimate of drug-likeness (QED) is 0.717. The molecule has 92 valence electrons. The first-order valence-electron chi connectivity index (χ1n) is 5.95. The first-order chi connectivity index (χ1) is 8.16. The zero-order valence-electron chi connectivity index (χ0n) is 9.73. The Morgan fingerprint density at radius 3 is 2.71 bits per heavy atom. The van der Waals surface area contributed by atoms with Crippen LogP contribution in [0.2, 0.25) is 0 Å². The van der Waals surface area contributed by atoms with Crippen LogP contribution in [0.4, 0.5) is 0 Å². The summed E-state index contributed by atoms with van der Waals surface area (Å²) in [6, 6.07) is 7.32. The molecule has 0 bridgehead atoms. The first kappa shape index (κ1) is 12.1. The molecule has 0 amide bonds. The van der Waals surface area contributed by atoms with E-state index < -0.39 is 12.0 Å². The van der Waals surface area contributed by atoms with Crippen molar-refractivity contribution < 1.29 is 9.90 Å². The summed E-state index contributed by atoms with van der Waals surface area (Å²) < 4.78 is 0. The lowest BCUT2D eigenvalue weighted by atomic mass is 9.96. The molecule has 0 spiro atoms. The number of hydrogen-bond donors (Lipinski definition) is 3. The number of nitrogens with one attached hydrogen (secondary N) is 1. The molecule has 1 aliphatic rings. The second-order valence-corrected chi connectivity index (χ2v) is 4.58. The summed E-state index contributed by atoms with van der Waals surface area (Å²) in [5.74, 6) is -0.355. The number of hydrogen-bond acceptors (Lipinski definition) is 3. The SMILES string of the molecule is NC(Cc1ccc(C2CCNC2)cc1)C(=O)O. The van der Waals surface area contributed by atoms with E-state index in [1.54, 1.807) is 0 Å². The lowest BCUT2D eigenvalue weighted by Crippen LogP contribution is -2.32. The molecule has 0 aliphatic carbocycles. The molecule has 4 N–H and O–H groups in total. The van der Waals surface area contributed by atoms with E-state index in [4.69, 9.17) is 10.8 Å². The van der Waals surface area contributed by atoms with Crippen LogP contribution in [0.5, 0.6) is 0 Å². The van der Waals surface area contributed by atoms with Crippen molar-refractivity contribution in [3.8, 4) is 0 Å². The molecule has 1 aromatic rings. The largest absolute Gasteiger partial charge is 0.480 e. The average molecular weight is 234 g/mol. The summed E-state index contributed by atoms with van der Waals surface area (Å²) in [4.78, 5) is 10.6. The number of carboxylic acids is 1. The predicted molar refractivity (Wildman–Crippen MR) is 66.0 cm³/mol. The maximum Gasteiger partial charge on any atom is 0.320 e. The van der Waals surface area contributed by atoms with Gasteiger partial charge in [0.25, 0.3) is 0 Å². The molecule has 2 rings (SSSR count). The number of aliphatic carboxylic acids is 1. The van der Waals surface area contributed by atoms with Gasteiger partial charge in [0.05, 0.1) is 0 Å². The Kier molecular flexibility index (Phi) is 3.76. The minimum atomic E-state index is -0.950. The van der Waals surface area contributed by atoms with E-state index in [0.29, 0.717) is 12.3 Å². The molecule has 4 nitrogen and oxygen atoms in total. The highest BCUT2D eigenvalue weighted by Gasteiger charge is 2.17. The van der Waals surface area contributed by atoms with Crippen molar-refractivity contribution in [3.05, 3.63) is 35.4 Å². The molecule has 0 saturated carbocycles. The molecule has 2 unspecified atom stereocenters. The monoisotopic (exact) mass is 234 g/mol. The third kappa shape index (κ3) is 3.05. The Labute approximate surface area is 101 Å². The maximum atomic E-state index is 10.6. The van der Waals surface area contributed by atoms with Gasteiger partial charge in [0.1, 0.15) is 6.04 Å². The van der Waals surface area contributed by atoms with Gasteiger partial charge >= 0.3 is 5.97 Å². The Balaban J connectivity index is 2.00. The van der Waals surface area contributed by atoms with E-state index in [-0.39, 0.29) is 0 Å². The van der Waals surface area contributed by atoms with Crippen LogP contribution in [0.15, 0.2) is 24.3 Å². The van der Waals surface area contributed by atoms with Crippen LogP contribution in [0.3, 0.4) is 0 Å². The molecular weight excluding hydrogens is 216 g/mol. The smallest absolute Gasteiger partial charge is 0.320 e. The molecule has 1 aliphatic heterocycles. The molecular formula is C13H18N2O2. The molecule has 2 atom stereocenters. The lowest BCUT2D eigenvalue weighted by molar-refractivity contribution is -0.138. The Hall–Kier alpha value is -1.39. The third-order valence-electron chi connectivity index (χ3n) is 3.28. The van der Waals surface area contributed by atoms with E-state index >= 15 is 0 Å². The molecule has 1 saturated heterocycles. The molecule has 1 fully saturated rings. The first-order valence-corrected chi connectivity index (χ1v) is 5.95. The second kappa shape index (κ2) is 5.29. The van der Waals surface area contributed by atoms with Crippen LogP contribution in [0, 0.1) is 0 Å². The Morgan fingerprint density at radius 2 is 2.18 bits per heavy atom. The van der Waals surface area contributed by atoms with Crippen molar-refractivity contribution in [1.82, 2.24) is 5.32 Å². The van der Waals surface area contributed by atoms with E-state index in [9.17, 15) is 4.79 Å². The van der Waals surface area contributed by atoms with Crippen LogP contribution < -0.4 is 11.1 Å². The van der Waals surface area contributed by atoms with Crippen molar-refractivity contribution in [2.75, 3.05) is 13.1 Å². The highest BCUT2D eigenvalue weighted by Crippen LogP contribution is 2.22. The number of benzene rings is 1. The number of nitrogens with two attached hydrogens (primary N) is 1. The fourth-order valence-corrected chi connectivity index (χ4v) is 2.21. The van der Waals surface area contributed by atoms with Crippen molar-refractivity contribution in [2.24, 2.45) is 5.73 Å². The molecule has 4 heteroatoms. The van der Waals surface area contributed by atoms with Crippen molar-refractivity contribution >= 4 is 5.97 Å². The summed E-state index contributed by atoms with van der Waals surface area (Å²) in [6.45, 7) is 2.12. The summed E-state index contributed by atoms with van der Waals surface area (Å²) >= 11 is 0. The minimum Gasteiger partial charge on any atom is -0.480 e. The average Bonchev–Trinajstić information content (AvgIpc) is 2.83. The van der Waals surface area contributed by atoms with Crippen LogP contribution in [-0.4, -0.2) is 30.2 Å². The fourth-order valence-electron chi connectivity index (χ4n) is 2.21. The minimum absolute atomic E-state index is 0.387. The Morgan fingerprint density at radius 1 is 1.47 bits per heavy atom. The highest BCUT2D eigenvalue weighted by atomic mass is 16.4. The van der Waals surface area contributed by atoms with Gasteiger partial charge in [0.2, 0.25) is 0 Å². The summed E-state index contributed by atoms with van der Waals surface area (Å²) in [7, 11) is 0. The molecule has 0 aromatic heterocycles. The highest BCUT2D eigenvalue weighted by molar-refractivity contribution is 5.73. The van der Waals surface area contributed by atoms with Crippen molar-refractivity contribution in [1.29, 1.82) is 0 Å².